The SMILES string of the molecule is CS(=O)(=O)c1ccc(C(=O)NCC2CC2)cc1. The van der Waals surface area contributed by atoms with Crippen molar-refractivity contribution in [3.05, 3.63) is 29.8 Å². The Bertz CT molecular complexity index is 515. The van der Waals surface area contributed by atoms with Gasteiger partial charge in [-0.1, -0.05) is 0 Å². The number of amides is 1. The Kier molecular flexibility index (Phi) is 3.19. The Morgan fingerprint density at radius 3 is 2.35 bits per heavy atom. The molecule has 0 bridgehead atoms. The van der Waals surface area contributed by atoms with E-state index in [1.54, 1.807) is 12.1 Å². The quantitative estimate of drug-likeness (QED) is 0.877. The smallest absolute Gasteiger partial charge is 0.251 e. The molecular weight excluding hydrogens is 238 g/mol. The molecule has 0 spiro atoms. The molecule has 4 nitrogen and oxygen atoms in total. The summed E-state index contributed by atoms with van der Waals surface area (Å²) in [7, 11) is -3.19. The average Bonchev–Trinajstić information content (AvgIpc) is 3.09. The van der Waals surface area contributed by atoms with Crippen LogP contribution < -0.4 is 5.32 Å². The lowest BCUT2D eigenvalue weighted by molar-refractivity contribution is 0.0951. The Balaban J connectivity index is 2.03. The van der Waals surface area contributed by atoms with Crippen molar-refractivity contribution in [2.45, 2.75) is 17.7 Å². The normalized spacial score (nSPS) is 15.6. The summed E-state index contributed by atoms with van der Waals surface area (Å²) < 4.78 is 22.5. The van der Waals surface area contributed by atoms with Gasteiger partial charge in [-0.3, -0.25) is 4.79 Å². The highest BCUT2D eigenvalue weighted by atomic mass is 32.2. The summed E-state index contributed by atoms with van der Waals surface area (Å²) >= 11 is 0. The van der Waals surface area contributed by atoms with Gasteiger partial charge in [0.15, 0.2) is 9.84 Å². The first-order valence-electron chi connectivity index (χ1n) is 5.55. The zero-order valence-electron chi connectivity index (χ0n) is 9.64. The van der Waals surface area contributed by atoms with Gasteiger partial charge in [-0.05, 0) is 43.0 Å². The van der Waals surface area contributed by atoms with E-state index in [0.29, 0.717) is 18.0 Å². The summed E-state index contributed by atoms with van der Waals surface area (Å²) in [6.07, 6.45) is 3.52. The molecule has 0 aliphatic heterocycles. The fraction of sp³-hybridized carbons (Fsp3) is 0.417. The van der Waals surface area contributed by atoms with Crippen molar-refractivity contribution in [1.29, 1.82) is 0 Å². The molecule has 0 atom stereocenters. The first kappa shape index (κ1) is 12.1. The first-order chi connectivity index (χ1) is 7.97. The molecule has 0 unspecified atom stereocenters. The molecule has 1 aromatic rings. The number of hydrogen-bond acceptors (Lipinski definition) is 3. The Morgan fingerprint density at radius 2 is 1.88 bits per heavy atom. The number of sulfone groups is 1. The summed E-state index contributed by atoms with van der Waals surface area (Å²) in [6, 6.07) is 6.00. The van der Waals surface area contributed by atoms with Gasteiger partial charge in [-0.2, -0.15) is 0 Å². The van der Waals surface area contributed by atoms with Crippen LogP contribution in [0.4, 0.5) is 0 Å². The van der Waals surface area contributed by atoms with E-state index in [9.17, 15) is 13.2 Å². The predicted molar refractivity (Wildman–Crippen MR) is 64.6 cm³/mol. The zero-order valence-corrected chi connectivity index (χ0v) is 10.5. The summed E-state index contributed by atoms with van der Waals surface area (Å²) in [4.78, 5) is 11.9. The molecule has 0 radical (unpaired) electrons. The monoisotopic (exact) mass is 253 g/mol. The molecule has 1 N–H and O–H groups in total. The van der Waals surface area contributed by atoms with Crippen LogP contribution in [-0.2, 0) is 9.84 Å². The van der Waals surface area contributed by atoms with Gasteiger partial charge in [0.2, 0.25) is 0 Å². The summed E-state index contributed by atoms with van der Waals surface area (Å²) in [5.74, 6) is 0.492. The number of benzene rings is 1. The van der Waals surface area contributed by atoms with E-state index in [0.717, 1.165) is 6.26 Å². The summed E-state index contributed by atoms with van der Waals surface area (Å²) in [5, 5.41) is 2.83. The van der Waals surface area contributed by atoms with E-state index in [4.69, 9.17) is 0 Å². The van der Waals surface area contributed by atoms with Crippen LogP contribution in [0.5, 0.6) is 0 Å². The second-order valence-corrected chi connectivity index (χ2v) is 6.47. The molecule has 92 valence electrons. The predicted octanol–water partition coefficient (Wildman–Crippen LogP) is 1.23. The van der Waals surface area contributed by atoms with Crippen LogP contribution >= 0.6 is 0 Å². The number of carbonyl (C=O) groups is 1. The standard InChI is InChI=1S/C12H15NO3S/c1-17(15,16)11-6-4-10(5-7-11)12(14)13-8-9-2-3-9/h4-7,9H,2-3,8H2,1H3,(H,13,14). The number of hydrogen-bond donors (Lipinski definition) is 1. The van der Waals surface area contributed by atoms with Gasteiger partial charge in [0.25, 0.3) is 5.91 Å². The highest BCUT2D eigenvalue weighted by molar-refractivity contribution is 7.90. The van der Waals surface area contributed by atoms with Gasteiger partial charge in [-0.15, -0.1) is 0 Å². The maximum atomic E-state index is 11.7. The lowest BCUT2D eigenvalue weighted by atomic mass is 10.2. The summed E-state index contributed by atoms with van der Waals surface area (Å²) in [6.45, 7) is 0.715. The van der Waals surface area contributed by atoms with E-state index in [1.807, 2.05) is 0 Å². The molecule has 1 amide bonds. The van der Waals surface area contributed by atoms with E-state index in [2.05, 4.69) is 5.32 Å². The minimum absolute atomic E-state index is 0.142. The Labute approximate surface area is 101 Å². The second-order valence-electron chi connectivity index (χ2n) is 4.45. The maximum absolute atomic E-state index is 11.7. The topological polar surface area (TPSA) is 63.2 Å². The lowest BCUT2D eigenvalue weighted by Crippen LogP contribution is -2.25. The number of carbonyl (C=O) groups excluding carboxylic acids is 1. The van der Waals surface area contributed by atoms with E-state index in [-0.39, 0.29) is 10.8 Å². The lowest BCUT2D eigenvalue weighted by Gasteiger charge is -2.04. The molecule has 0 heterocycles. The first-order valence-corrected chi connectivity index (χ1v) is 7.44. The third-order valence-corrected chi connectivity index (χ3v) is 3.92. The van der Waals surface area contributed by atoms with Crippen molar-refractivity contribution in [1.82, 2.24) is 5.32 Å². The molecule has 5 heteroatoms. The third-order valence-electron chi connectivity index (χ3n) is 2.79. The fourth-order valence-electron chi connectivity index (χ4n) is 1.51. The molecular formula is C12H15NO3S. The molecule has 1 aromatic carbocycles. The summed E-state index contributed by atoms with van der Waals surface area (Å²) in [5.41, 5.74) is 0.498. The van der Waals surface area contributed by atoms with Crippen LogP contribution in [0.1, 0.15) is 23.2 Å². The minimum atomic E-state index is -3.19. The fourth-order valence-corrected chi connectivity index (χ4v) is 2.15. The van der Waals surface area contributed by atoms with Crippen molar-refractivity contribution < 1.29 is 13.2 Å². The third kappa shape index (κ3) is 3.30. The van der Waals surface area contributed by atoms with Crippen LogP contribution in [0, 0.1) is 5.92 Å². The average molecular weight is 253 g/mol. The molecule has 1 fully saturated rings. The van der Waals surface area contributed by atoms with Gasteiger partial charge in [-0.25, -0.2) is 8.42 Å². The largest absolute Gasteiger partial charge is 0.352 e. The highest BCUT2D eigenvalue weighted by Gasteiger charge is 2.21. The molecule has 0 saturated heterocycles. The molecule has 1 aliphatic carbocycles. The van der Waals surface area contributed by atoms with E-state index in [1.165, 1.54) is 25.0 Å². The minimum Gasteiger partial charge on any atom is -0.352 e. The van der Waals surface area contributed by atoms with Crippen molar-refractivity contribution in [3.8, 4) is 0 Å². The van der Waals surface area contributed by atoms with Crippen molar-refractivity contribution >= 4 is 15.7 Å². The van der Waals surface area contributed by atoms with Gasteiger partial charge in [0, 0.05) is 18.4 Å². The molecule has 0 aromatic heterocycles. The van der Waals surface area contributed by atoms with Crippen LogP contribution in [-0.4, -0.2) is 27.1 Å². The Morgan fingerprint density at radius 1 is 1.29 bits per heavy atom. The van der Waals surface area contributed by atoms with Crippen molar-refractivity contribution in [2.75, 3.05) is 12.8 Å². The maximum Gasteiger partial charge on any atom is 0.251 e. The molecule has 2 rings (SSSR count). The highest BCUT2D eigenvalue weighted by Crippen LogP contribution is 2.27. The van der Waals surface area contributed by atoms with Gasteiger partial charge in [0.05, 0.1) is 4.90 Å². The van der Waals surface area contributed by atoms with Gasteiger partial charge < -0.3 is 5.32 Å². The van der Waals surface area contributed by atoms with Gasteiger partial charge in [0.1, 0.15) is 0 Å². The van der Waals surface area contributed by atoms with Crippen molar-refractivity contribution in [2.24, 2.45) is 5.92 Å². The number of rotatable bonds is 4. The van der Waals surface area contributed by atoms with Gasteiger partial charge >= 0.3 is 0 Å². The van der Waals surface area contributed by atoms with Crippen LogP contribution in [0.2, 0.25) is 0 Å². The second kappa shape index (κ2) is 4.49. The molecule has 1 saturated carbocycles. The van der Waals surface area contributed by atoms with Crippen molar-refractivity contribution in [3.63, 3.8) is 0 Å². The molecule has 1 aliphatic rings. The zero-order chi connectivity index (χ0) is 12.5. The Hall–Kier alpha value is -1.36. The number of nitrogens with one attached hydrogen (secondary N) is 1. The van der Waals surface area contributed by atoms with Crippen LogP contribution in [0.15, 0.2) is 29.2 Å². The van der Waals surface area contributed by atoms with E-state index >= 15 is 0 Å². The van der Waals surface area contributed by atoms with E-state index < -0.39 is 9.84 Å². The van der Waals surface area contributed by atoms with Crippen LogP contribution in [0.3, 0.4) is 0 Å². The molecule has 17 heavy (non-hydrogen) atoms. The van der Waals surface area contributed by atoms with Crippen LogP contribution in [0.25, 0.3) is 0 Å².